The van der Waals surface area contributed by atoms with Gasteiger partial charge in [-0.25, -0.2) is 0 Å². The Kier molecular flexibility index (Phi) is 5.29. The predicted octanol–water partition coefficient (Wildman–Crippen LogP) is 3.31. The molecule has 0 aromatic rings. The largest absolute Gasteiger partial charge is 0.0877 e. The first-order chi connectivity index (χ1) is 4.31. The lowest BCUT2D eigenvalue weighted by Crippen LogP contribution is -1.71. The highest BCUT2D eigenvalue weighted by molar-refractivity contribution is 5.09. The maximum atomic E-state index is 2.20. The van der Waals surface area contributed by atoms with Gasteiger partial charge in [-0.3, -0.25) is 0 Å². The van der Waals surface area contributed by atoms with E-state index in [1.165, 1.54) is 18.4 Å². The Balaban J connectivity index is 3.55. The Morgan fingerprint density at radius 3 is 2.56 bits per heavy atom. The molecule has 0 fully saturated rings. The number of hydrogen-bond donors (Lipinski definition) is 0. The van der Waals surface area contributed by atoms with E-state index in [2.05, 4.69) is 32.1 Å². The molecule has 0 aromatic heterocycles. The van der Waals surface area contributed by atoms with E-state index in [1.54, 1.807) is 0 Å². The van der Waals surface area contributed by atoms with Crippen molar-refractivity contribution >= 4 is 0 Å². The molecule has 0 amide bonds. The molecule has 0 heterocycles. The number of hydrogen-bond acceptors (Lipinski definition) is 0. The fourth-order valence-electron chi connectivity index (χ4n) is 0.738. The topological polar surface area (TPSA) is 0 Å². The average molecular weight is 124 g/mol. The van der Waals surface area contributed by atoms with E-state index in [4.69, 9.17) is 0 Å². The molecule has 0 aliphatic carbocycles. The first kappa shape index (κ1) is 8.48. The molecule has 0 nitrogen and oxygen atoms in total. The van der Waals surface area contributed by atoms with Gasteiger partial charge in [0, 0.05) is 0 Å². The molecule has 0 heteroatoms. The van der Waals surface area contributed by atoms with Crippen LogP contribution in [0.5, 0.6) is 0 Å². The van der Waals surface area contributed by atoms with Crippen LogP contribution in [0.15, 0.2) is 23.8 Å². The second-order valence-corrected chi connectivity index (χ2v) is 2.29. The van der Waals surface area contributed by atoms with Crippen molar-refractivity contribution < 1.29 is 0 Å². The zero-order valence-electron chi connectivity index (χ0n) is 6.65. The van der Waals surface area contributed by atoms with Gasteiger partial charge >= 0.3 is 0 Å². The second-order valence-electron chi connectivity index (χ2n) is 2.29. The van der Waals surface area contributed by atoms with Crippen LogP contribution in [-0.4, -0.2) is 0 Å². The summed E-state index contributed by atoms with van der Waals surface area (Å²) in [4.78, 5) is 0. The molecule has 0 radical (unpaired) electrons. The van der Waals surface area contributed by atoms with Gasteiger partial charge in [0.25, 0.3) is 0 Å². The van der Waals surface area contributed by atoms with Gasteiger partial charge in [-0.2, -0.15) is 0 Å². The van der Waals surface area contributed by atoms with Gasteiger partial charge in [0.1, 0.15) is 0 Å². The lowest BCUT2D eigenvalue weighted by Gasteiger charge is -1.92. The van der Waals surface area contributed by atoms with Crippen molar-refractivity contribution in [3.8, 4) is 0 Å². The van der Waals surface area contributed by atoms with Crippen molar-refractivity contribution in [2.75, 3.05) is 0 Å². The van der Waals surface area contributed by atoms with Crippen molar-refractivity contribution in [1.82, 2.24) is 0 Å². The standard InChI is InChI=1S/C9H16/c1-4-6-8-9(3)7-5-2/h4,6,8H,5,7H2,1-3H3. The highest BCUT2D eigenvalue weighted by Gasteiger charge is 1.81. The van der Waals surface area contributed by atoms with Gasteiger partial charge in [0.2, 0.25) is 0 Å². The third-order valence-corrected chi connectivity index (χ3v) is 1.22. The van der Waals surface area contributed by atoms with Crippen molar-refractivity contribution in [1.29, 1.82) is 0 Å². The minimum absolute atomic E-state index is 1.23. The van der Waals surface area contributed by atoms with Crippen LogP contribution in [0.4, 0.5) is 0 Å². The van der Waals surface area contributed by atoms with Gasteiger partial charge in [-0.1, -0.05) is 37.1 Å². The quantitative estimate of drug-likeness (QED) is 0.506. The van der Waals surface area contributed by atoms with E-state index in [0.717, 1.165) is 0 Å². The number of allylic oxidation sites excluding steroid dienone is 4. The Morgan fingerprint density at radius 1 is 1.44 bits per heavy atom. The molecule has 0 aliphatic rings. The summed E-state index contributed by atoms with van der Waals surface area (Å²) in [5, 5.41) is 0. The lowest BCUT2D eigenvalue weighted by molar-refractivity contribution is 0.906. The van der Waals surface area contributed by atoms with Crippen molar-refractivity contribution in [2.45, 2.75) is 33.6 Å². The maximum absolute atomic E-state index is 2.20. The summed E-state index contributed by atoms with van der Waals surface area (Å²) in [5.74, 6) is 0. The average Bonchev–Trinajstić information content (AvgIpc) is 1.85. The van der Waals surface area contributed by atoms with Crippen LogP contribution in [0.2, 0.25) is 0 Å². The van der Waals surface area contributed by atoms with E-state index in [1.807, 2.05) is 6.92 Å². The second kappa shape index (κ2) is 5.61. The minimum atomic E-state index is 1.23. The summed E-state index contributed by atoms with van der Waals surface area (Å²) >= 11 is 0. The third-order valence-electron chi connectivity index (χ3n) is 1.22. The molecule has 0 aromatic carbocycles. The van der Waals surface area contributed by atoms with E-state index in [0.29, 0.717) is 0 Å². The number of rotatable bonds is 3. The third kappa shape index (κ3) is 5.35. The SMILES string of the molecule is CC=CC=C(C)CCC. The lowest BCUT2D eigenvalue weighted by atomic mass is 10.2. The Hall–Kier alpha value is -0.520. The smallest absolute Gasteiger partial charge is 0.0323 e. The molecule has 0 atom stereocenters. The van der Waals surface area contributed by atoms with E-state index < -0.39 is 0 Å². The summed E-state index contributed by atoms with van der Waals surface area (Å²) in [6.45, 7) is 6.41. The molecular formula is C9H16. The Labute approximate surface area is 58.3 Å². The van der Waals surface area contributed by atoms with Gasteiger partial charge in [0.15, 0.2) is 0 Å². The van der Waals surface area contributed by atoms with Crippen molar-refractivity contribution in [3.63, 3.8) is 0 Å². The highest BCUT2D eigenvalue weighted by Crippen LogP contribution is 2.02. The van der Waals surface area contributed by atoms with E-state index in [-0.39, 0.29) is 0 Å². The first-order valence-electron chi connectivity index (χ1n) is 3.59. The van der Waals surface area contributed by atoms with Crippen molar-refractivity contribution in [3.05, 3.63) is 23.8 Å². The zero-order chi connectivity index (χ0) is 7.11. The van der Waals surface area contributed by atoms with Gasteiger partial charge < -0.3 is 0 Å². The van der Waals surface area contributed by atoms with E-state index >= 15 is 0 Å². The molecule has 0 spiro atoms. The summed E-state index contributed by atoms with van der Waals surface area (Å²) in [6, 6.07) is 0. The fourth-order valence-corrected chi connectivity index (χ4v) is 0.738. The highest BCUT2D eigenvalue weighted by atomic mass is 13.9. The van der Waals surface area contributed by atoms with Crippen LogP contribution in [0.1, 0.15) is 33.6 Å². The molecule has 0 saturated carbocycles. The maximum Gasteiger partial charge on any atom is -0.0323 e. The predicted molar refractivity (Wildman–Crippen MR) is 43.5 cm³/mol. The van der Waals surface area contributed by atoms with Crippen LogP contribution in [0.3, 0.4) is 0 Å². The van der Waals surface area contributed by atoms with Crippen LogP contribution in [-0.2, 0) is 0 Å². The van der Waals surface area contributed by atoms with Crippen molar-refractivity contribution in [2.24, 2.45) is 0 Å². The molecule has 0 rings (SSSR count). The fraction of sp³-hybridized carbons (Fsp3) is 0.556. The first-order valence-corrected chi connectivity index (χ1v) is 3.59. The summed E-state index contributed by atoms with van der Waals surface area (Å²) in [7, 11) is 0. The van der Waals surface area contributed by atoms with Crippen LogP contribution < -0.4 is 0 Å². The van der Waals surface area contributed by atoms with Crippen LogP contribution in [0.25, 0.3) is 0 Å². The molecule has 0 N–H and O–H groups in total. The summed E-state index contributed by atoms with van der Waals surface area (Å²) in [5.41, 5.74) is 1.47. The molecular weight excluding hydrogens is 108 g/mol. The molecule has 0 unspecified atom stereocenters. The van der Waals surface area contributed by atoms with Crippen LogP contribution >= 0.6 is 0 Å². The minimum Gasteiger partial charge on any atom is -0.0877 e. The summed E-state index contributed by atoms with van der Waals surface area (Å²) in [6.07, 6.45) is 8.79. The molecule has 0 aliphatic heterocycles. The molecule has 0 saturated heterocycles. The van der Waals surface area contributed by atoms with E-state index in [9.17, 15) is 0 Å². The zero-order valence-corrected chi connectivity index (χ0v) is 6.65. The van der Waals surface area contributed by atoms with Gasteiger partial charge in [-0.05, 0) is 20.3 Å². The molecule has 0 bridgehead atoms. The molecule has 52 valence electrons. The monoisotopic (exact) mass is 124 g/mol. The normalized spacial score (nSPS) is 13.0. The van der Waals surface area contributed by atoms with Gasteiger partial charge in [-0.15, -0.1) is 0 Å². The molecule has 9 heavy (non-hydrogen) atoms. The Morgan fingerprint density at radius 2 is 2.11 bits per heavy atom. The Bertz CT molecular complexity index is 107. The van der Waals surface area contributed by atoms with Gasteiger partial charge in [0.05, 0.1) is 0 Å². The van der Waals surface area contributed by atoms with Crippen LogP contribution in [0, 0.1) is 0 Å². The summed E-state index contributed by atoms with van der Waals surface area (Å²) < 4.78 is 0.